The maximum Gasteiger partial charge on any atom is 0.225 e. The van der Waals surface area contributed by atoms with Crippen LogP contribution in [0.2, 0.25) is 0 Å². The van der Waals surface area contributed by atoms with Gasteiger partial charge < -0.3 is 5.32 Å². The topological polar surface area (TPSA) is 77.9 Å². The fourth-order valence-electron chi connectivity index (χ4n) is 0.796. The standard InChI is InChI=1S/C9H18N4O/c1-4-9(2,3)8(14)11-6-5-7-12-13-10/h4-7H2,1-3H3,(H,11,14). The van der Waals surface area contributed by atoms with Crippen molar-refractivity contribution in [3.05, 3.63) is 10.4 Å². The van der Waals surface area contributed by atoms with E-state index in [-0.39, 0.29) is 11.3 Å². The van der Waals surface area contributed by atoms with Crippen molar-refractivity contribution in [3.63, 3.8) is 0 Å². The Morgan fingerprint density at radius 3 is 2.71 bits per heavy atom. The number of nitrogens with zero attached hydrogens (tertiary/aromatic N) is 3. The van der Waals surface area contributed by atoms with Crippen molar-refractivity contribution >= 4 is 5.91 Å². The summed E-state index contributed by atoms with van der Waals surface area (Å²) in [5.74, 6) is 0.0564. The highest BCUT2D eigenvalue weighted by Gasteiger charge is 2.24. The second-order valence-electron chi connectivity index (χ2n) is 3.80. The number of nitrogens with one attached hydrogen (secondary N) is 1. The Morgan fingerprint density at radius 2 is 2.21 bits per heavy atom. The maximum atomic E-state index is 11.5. The summed E-state index contributed by atoms with van der Waals surface area (Å²) in [6.45, 7) is 6.82. The van der Waals surface area contributed by atoms with E-state index in [9.17, 15) is 4.79 Å². The normalized spacial score (nSPS) is 10.5. The molecule has 0 saturated heterocycles. The third-order valence-corrected chi connectivity index (χ3v) is 2.28. The Bertz CT molecular complexity index is 231. The molecule has 1 amide bonds. The van der Waals surface area contributed by atoms with E-state index in [1.54, 1.807) is 0 Å². The summed E-state index contributed by atoms with van der Waals surface area (Å²) in [5.41, 5.74) is 7.71. The number of rotatable bonds is 6. The van der Waals surface area contributed by atoms with Crippen LogP contribution in [0.5, 0.6) is 0 Å². The molecule has 0 aliphatic heterocycles. The number of carbonyl (C=O) groups is 1. The first-order valence-electron chi connectivity index (χ1n) is 4.83. The van der Waals surface area contributed by atoms with E-state index in [2.05, 4.69) is 15.3 Å². The van der Waals surface area contributed by atoms with Crippen molar-refractivity contribution in [1.82, 2.24) is 5.32 Å². The second-order valence-corrected chi connectivity index (χ2v) is 3.80. The van der Waals surface area contributed by atoms with Crippen LogP contribution < -0.4 is 5.32 Å². The van der Waals surface area contributed by atoms with Gasteiger partial charge in [0.2, 0.25) is 5.91 Å². The van der Waals surface area contributed by atoms with Gasteiger partial charge in [-0.3, -0.25) is 4.79 Å². The molecule has 14 heavy (non-hydrogen) atoms. The molecule has 0 heterocycles. The molecule has 0 fully saturated rings. The van der Waals surface area contributed by atoms with E-state index in [4.69, 9.17) is 5.53 Å². The molecule has 80 valence electrons. The zero-order valence-corrected chi connectivity index (χ0v) is 9.08. The SMILES string of the molecule is CCC(C)(C)C(=O)NCCCN=[N+]=[N-]. The van der Waals surface area contributed by atoms with Crippen LogP contribution in [0.25, 0.3) is 10.4 Å². The van der Waals surface area contributed by atoms with Gasteiger partial charge in [-0.2, -0.15) is 0 Å². The van der Waals surface area contributed by atoms with Crippen LogP contribution in [0.3, 0.4) is 0 Å². The highest BCUT2D eigenvalue weighted by Crippen LogP contribution is 2.19. The minimum atomic E-state index is -0.307. The predicted octanol–water partition coefficient (Wildman–Crippen LogP) is 2.24. The highest BCUT2D eigenvalue weighted by atomic mass is 16.2. The van der Waals surface area contributed by atoms with Crippen LogP contribution in [0, 0.1) is 5.41 Å². The predicted molar refractivity (Wildman–Crippen MR) is 55.7 cm³/mol. The lowest BCUT2D eigenvalue weighted by Gasteiger charge is -2.21. The molecule has 0 radical (unpaired) electrons. The minimum absolute atomic E-state index is 0.0564. The lowest BCUT2D eigenvalue weighted by Crippen LogP contribution is -2.37. The van der Waals surface area contributed by atoms with Crippen LogP contribution in [-0.2, 0) is 4.79 Å². The lowest BCUT2D eigenvalue weighted by molar-refractivity contribution is -0.129. The van der Waals surface area contributed by atoms with Crippen molar-refractivity contribution in [2.75, 3.05) is 13.1 Å². The van der Waals surface area contributed by atoms with Gasteiger partial charge in [0.05, 0.1) is 0 Å². The molecule has 5 heteroatoms. The average Bonchev–Trinajstić information content (AvgIpc) is 2.17. The van der Waals surface area contributed by atoms with Gasteiger partial charge in [-0.1, -0.05) is 25.9 Å². The van der Waals surface area contributed by atoms with Crippen molar-refractivity contribution in [2.45, 2.75) is 33.6 Å². The lowest BCUT2D eigenvalue weighted by atomic mass is 9.89. The molecule has 0 spiro atoms. The first-order valence-corrected chi connectivity index (χ1v) is 4.83. The maximum absolute atomic E-state index is 11.5. The Kier molecular flexibility index (Phi) is 5.72. The van der Waals surface area contributed by atoms with Gasteiger partial charge in [0.1, 0.15) is 0 Å². The molecule has 0 aromatic heterocycles. The Morgan fingerprint density at radius 1 is 1.57 bits per heavy atom. The number of amides is 1. The first-order chi connectivity index (χ1) is 6.54. The van der Waals surface area contributed by atoms with Gasteiger partial charge >= 0.3 is 0 Å². The molecule has 1 N–H and O–H groups in total. The molecule has 0 aromatic rings. The van der Waals surface area contributed by atoms with Gasteiger partial charge in [-0.15, -0.1) is 0 Å². The summed E-state index contributed by atoms with van der Waals surface area (Å²) in [7, 11) is 0. The van der Waals surface area contributed by atoms with Crippen LogP contribution >= 0.6 is 0 Å². The zero-order chi connectivity index (χ0) is 11.0. The Hall–Kier alpha value is -1.22. The largest absolute Gasteiger partial charge is 0.356 e. The third-order valence-electron chi connectivity index (χ3n) is 2.28. The summed E-state index contributed by atoms with van der Waals surface area (Å²) in [5, 5.41) is 6.19. The summed E-state index contributed by atoms with van der Waals surface area (Å²) in [6, 6.07) is 0. The second kappa shape index (κ2) is 6.27. The highest BCUT2D eigenvalue weighted by molar-refractivity contribution is 5.81. The third kappa shape index (κ3) is 4.72. The number of carbonyl (C=O) groups excluding carboxylic acids is 1. The summed E-state index contributed by atoms with van der Waals surface area (Å²) in [4.78, 5) is 14.1. The Balaban J connectivity index is 3.69. The summed E-state index contributed by atoms with van der Waals surface area (Å²) < 4.78 is 0. The van der Waals surface area contributed by atoms with Crippen molar-refractivity contribution in [1.29, 1.82) is 0 Å². The van der Waals surface area contributed by atoms with Crippen molar-refractivity contribution < 1.29 is 4.79 Å². The van der Waals surface area contributed by atoms with Crippen LogP contribution in [0.4, 0.5) is 0 Å². The molecule has 0 aliphatic rings. The monoisotopic (exact) mass is 198 g/mol. The number of hydrogen-bond acceptors (Lipinski definition) is 2. The fraction of sp³-hybridized carbons (Fsp3) is 0.889. The van der Waals surface area contributed by atoms with Gasteiger partial charge in [0.25, 0.3) is 0 Å². The van der Waals surface area contributed by atoms with Gasteiger partial charge in [-0.25, -0.2) is 0 Å². The minimum Gasteiger partial charge on any atom is -0.356 e. The Labute approximate surface area is 84.5 Å². The molecular weight excluding hydrogens is 180 g/mol. The molecular formula is C9H18N4O. The van der Waals surface area contributed by atoms with Crippen LogP contribution in [0.1, 0.15) is 33.6 Å². The van der Waals surface area contributed by atoms with E-state index in [1.807, 2.05) is 20.8 Å². The molecule has 0 unspecified atom stereocenters. The van der Waals surface area contributed by atoms with Crippen molar-refractivity contribution in [2.24, 2.45) is 10.5 Å². The van der Waals surface area contributed by atoms with E-state index >= 15 is 0 Å². The van der Waals surface area contributed by atoms with Gasteiger partial charge in [0, 0.05) is 23.4 Å². The molecule has 0 bridgehead atoms. The number of hydrogen-bond donors (Lipinski definition) is 1. The van der Waals surface area contributed by atoms with Crippen LogP contribution in [0.15, 0.2) is 5.11 Å². The smallest absolute Gasteiger partial charge is 0.225 e. The van der Waals surface area contributed by atoms with Crippen LogP contribution in [-0.4, -0.2) is 19.0 Å². The quantitative estimate of drug-likeness (QED) is 0.302. The number of azide groups is 1. The van der Waals surface area contributed by atoms with E-state index in [1.165, 1.54) is 0 Å². The van der Waals surface area contributed by atoms with Gasteiger partial charge in [0.15, 0.2) is 0 Å². The van der Waals surface area contributed by atoms with E-state index in [0.29, 0.717) is 19.5 Å². The summed E-state index contributed by atoms with van der Waals surface area (Å²) >= 11 is 0. The molecule has 0 aromatic carbocycles. The molecule has 0 atom stereocenters. The first kappa shape index (κ1) is 12.8. The fourth-order valence-corrected chi connectivity index (χ4v) is 0.796. The summed E-state index contributed by atoms with van der Waals surface area (Å²) in [6.07, 6.45) is 1.50. The molecule has 0 rings (SSSR count). The van der Waals surface area contributed by atoms with E-state index < -0.39 is 0 Å². The van der Waals surface area contributed by atoms with Crippen molar-refractivity contribution in [3.8, 4) is 0 Å². The molecule has 5 nitrogen and oxygen atoms in total. The molecule has 0 aliphatic carbocycles. The van der Waals surface area contributed by atoms with E-state index in [0.717, 1.165) is 6.42 Å². The zero-order valence-electron chi connectivity index (χ0n) is 9.08. The molecule has 0 saturated carbocycles. The van der Waals surface area contributed by atoms with Gasteiger partial charge in [-0.05, 0) is 18.4 Å². The average molecular weight is 198 g/mol.